The van der Waals surface area contributed by atoms with E-state index in [4.69, 9.17) is 16.0 Å². The third kappa shape index (κ3) is 3.92. The first-order chi connectivity index (χ1) is 12.9. The lowest BCUT2D eigenvalue weighted by Gasteiger charge is -2.11. The van der Waals surface area contributed by atoms with E-state index in [1.165, 1.54) is 25.0 Å². The molecule has 3 aromatic rings. The molecule has 0 bridgehead atoms. The minimum Gasteiger partial charge on any atom is -0.441 e. The van der Waals surface area contributed by atoms with Crippen LogP contribution in [-0.2, 0) is 13.0 Å². The molecule has 1 saturated carbocycles. The van der Waals surface area contributed by atoms with E-state index in [1.807, 2.05) is 10.9 Å². The topological polar surface area (TPSA) is 64.1 Å². The number of halogens is 2. The van der Waals surface area contributed by atoms with E-state index in [0.29, 0.717) is 46.0 Å². The third-order valence-electron chi connectivity index (χ3n) is 4.80. The molecule has 0 aliphatic heterocycles. The molecule has 1 aliphatic rings. The number of nitrogens with zero attached hydrogens (tertiary/aromatic N) is 3. The van der Waals surface area contributed by atoms with Gasteiger partial charge < -0.3 is 9.52 Å². The number of aliphatic hydroxyl groups is 1. The van der Waals surface area contributed by atoms with Crippen LogP contribution in [0.15, 0.2) is 28.8 Å². The predicted molar refractivity (Wildman–Crippen MR) is 100 cm³/mol. The first kappa shape index (κ1) is 18.2. The van der Waals surface area contributed by atoms with Gasteiger partial charge in [0.2, 0.25) is 0 Å². The van der Waals surface area contributed by atoms with Crippen LogP contribution in [0.4, 0.5) is 4.39 Å². The van der Waals surface area contributed by atoms with Crippen LogP contribution < -0.4 is 0 Å². The van der Waals surface area contributed by atoms with Crippen molar-refractivity contribution in [3.63, 3.8) is 0 Å². The molecule has 7 heteroatoms. The van der Waals surface area contributed by atoms with E-state index in [-0.39, 0.29) is 0 Å². The van der Waals surface area contributed by atoms with Gasteiger partial charge in [0.05, 0.1) is 11.8 Å². The number of aryl methyl sites for hydroxylation is 1. The van der Waals surface area contributed by atoms with Gasteiger partial charge in [-0.05, 0) is 49.4 Å². The van der Waals surface area contributed by atoms with Crippen molar-refractivity contribution in [1.29, 1.82) is 0 Å². The largest absolute Gasteiger partial charge is 0.441 e. The highest BCUT2D eigenvalue weighted by atomic mass is 35.5. The Morgan fingerprint density at radius 2 is 2.19 bits per heavy atom. The number of hydrogen-bond donors (Lipinski definition) is 1. The molecular weight excluding hydrogens is 369 g/mol. The van der Waals surface area contributed by atoms with Gasteiger partial charge in [-0.1, -0.05) is 11.6 Å². The third-order valence-corrected chi connectivity index (χ3v) is 5.12. The summed E-state index contributed by atoms with van der Waals surface area (Å²) in [4.78, 5) is 4.49. The van der Waals surface area contributed by atoms with Crippen LogP contribution in [0.25, 0.3) is 11.3 Å². The van der Waals surface area contributed by atoms with Gasteiger partial charge >= 0.3 is 0 Å². The number of benzene rings is 1. The minimum atomic E-state index is -0.834. The molecule has 1 aromatic carbocycles. The van der Waals surface area contributed by atoms with Gasteiger partial charge in [-0.2, -0.15) is 5.10 Å². The Labute approximate surface area is 161 Å². The zero-order valence-corrected chi connectivity index (χ0v) is 16.0. The number of oxazole rings is 1. The standard InChI is InChI=1S/C20H21ClFN3O2/c1-11(26)17-8-15(22)5-6-16(17)19-18(23-12(2)27-19)7-14-10-25(24-20(14)21)9-13-3-4-13/h5-6,8,10-11,13,26H,3-4,7,9H2,1-2H3. The molecule has 1 aliphatic carbocycles. The van der Waals surface area contributed by atoms with Crippen LogP contribution in [0, 0.1) is 18.7 Å². The summed E-state index contributed by atoms with van der Waals surface area (Å²) >= 11 is 6.33. The van der Waals surface area contributed by atoms with Crippen LogP contribution in [0.5, 0.6) is 0 Å². The Balaban J connectivity index is 1.69. The average Bonchev–Trinajstić information content (AvgIpc) is 3.25. The highest BCUT2D eigenvalue weighted by molar-refractivity contribution is 6.30. The first-order valence-electron chi connectivity index (χ1n) is 9.06. The van der Waals surface area contributed by atoms with E-state index >= 15 is 0 Å². The zero-order chi connectivity index (χ0) is 19.1. The van der Waals surface area contributed by atoms with Crippen molar-refractivity contribution in [3.8, 4) is 11.3 Å². The van der Waals surface area contributed by atoms with Crippen molar-refractivity contribution in [1.82, 2.24) is 14.8 Å². The Bertz CT molecular complexity index is 976. The van der Waals surface area contributed by atoms with Gasteiger partial charge in [0.15, 0.2) is 16.8 Å². The maximum absolute atomic E-state index is 13.7. The summed E-state index contributed by atoms with van der Waals surface area (Å²) in [5.74, 6) is 1.32. The lowest BCUT2D eigenvalue weighted by Crippen LogP contribution is -2.00. The number of aromatic nitrogens is 3. The second kappa shape index (κ2) is 7.09. The van der Waals surface area contributed by atoms with Crippen LogP contribution in [0.3, 0.4) is 0 Å². The Morgan fingerprint density at radius 3 is 2.89 bits per heavy atom. The smallest absolute Gasteiger partial charge is 0.192 e. The van der Waals surface area contributed by atoms with E-state index in [1.54, 1.807) is 19.9 Å². The van der Waals surface area contributed by atoms with Crippen molar-refractivity contribution >= 4 is 11.6 Å². The monoisotopic (exact) mass is 389 g/mol. The van der Waals surface area contributed by atoms with Crippen molar-refractivity contribution in [3.05, 3.63) is 58.1 Å². The molecule has 27 heavy (non-hydrogen) atoms. The van der Waals surface area contributed by atoms with Crippen molar-refractivity contribution in [2.45, 2.75) is 45.8 Å². The molecule has 1 unspecified atom stereocenters. The molecule has 1 N–H and O–H groups in total. The van der Waals surface area contributed by atoms with Crippen LogP contribution in [0.2, 0.25) is 5.15 Å². The van der Waals surface area contributed by atoms with Crippen molar-refractivity contribution < 1.29 is 13.9 Å². The Kier molecular flexibility index (Phi) is 4.78. The van der Waals surface area contributed by atoms with Gasteiger partial charge in [-0.3, -0.25) is 4.68 Å². The van der Waals surface area contributed by atoms with Gasteiger partial charge in [0.25, 0.3) is 0 Å². The predicted octanol–water partition coefficient (Wildman–Crippen LogP) is 4.69. The molecule has 5 nitrogen and oxygen atoms in total. The summed E-state index contributed by atoms with van der Waals surface area (Å²) in [5, 5.41) is 14.9. The Morgan fingerprint density at radius 1 is 1.41 bits per heavy atom. The fraction of sp³-hybridized carbons (Fsp3) is 0.400. The van der Waals surface area contributed by atoms with Crippen molar-refractivity contribution in [2.75, 3.05) is 0 Å². The van der Waals surface area contributed by atoms with Crippen LogP contribution >= 0.6 is 11.6 Å². The number of aliphatic hydroxyl groups excluding tert-OH is 1. The summed E-state index contributed by atoms with van der Waals surface area (Å²) in [6.45, 7) is 4.24. The quantitative estimate of drug-likeness (QED) is 0.664. The summed E-state index contributed by atoms with van der Waals surface area (Å²) in [6.07, 6.45) is 4.05. The van der Waals surface area contributed by atoms with E-state index in [0.717, 1.165) is 12.1 Å². The summed E-state index contributed by atoms with van der Waals surface area (Å²) < 4.78 is 21.4. The van der Waals surface area contributed by atoms with Gasteiger partial charge in [0.1, 0.15) is 5.82 Å². The molecule has 142 valence electrons. The maximum Gasteiger partial charge on any atom is 0.192 e. The highest BCUT2D eigenvalue weighted by Crippen LogP contribution is 2.34. The molecule has 2 heterocycles. The van der Waals surface area contributed by atoms with E-state index in [9.17, 15) is 9.50 Å². The molecule has 2 aromatic heterocycles. The summed E-state index contributed by atoms with van der Waals surface area (Å²) in [7, 11) is 0. The average molecular weight is 390 g/mol. The maximum atomic E-state index is 13.7. The lowest BCUT2D eigenvalue weighted by molar-refractivity contribution is 0.199. The Hall–Kier alpha value is -2.18. The van der Waals surface area contributed by atoms with Gasteiger partial charge in [0, 0.05) is 37.2 Å². The van der Waals surface area contributed by atoms with Crippen LogP contribution in [0.1, 0.15) is 48.6 Å². The first-order valence-corrected chi connectivity index (χ1v) is 9.44. The molecule has 0 amide bonds. The second-order valence-electron chi connectivity index (χ2n) is 7.20. The summed E-state index contributed by atoms with van der Waals surface area (Å²) in [5.41, 5.74) is 2.65. The number of hydrogen-bond acceptors (Lipinski definition) is 4. The zero-order valence-electron chi connectivity index (χ0n) is 15.2. The fourth-order valence-electron chi connectivity index (χ4n) is 3.28. The molecule has 1 atom stereocenters. The van der Waals surface area contributed by atoms with Gasteiger partial charge in [-0.25, -0.2) is 9.37 Å². The molecule has 0 spiro atoms. The van der Waals surface area contributed by atoms with Gasteiger partial charge in [-0.15, -0.1) is 0 Å². The minimum absolute atomic E-state index is 0.406. The molecule has 0 saturated heterocycles. The van der Waals surface area contributed by atoms with E-state index < -0.39 is 11.9 Å². The molecule has 4 rings (SSSR count). The number of rotatable bonds is 6. The van der Waals surface area contributed by atoms with Crippen LogP contribution in [-0.4, -0.2) is 19.9 Å². The SMILES string of the molecule is Cc1nc(Cc2cn(CC3CC3)nc2Cl)c(-c2ccc(F)cc2C(C)O)o1. The molecule has 1 fully saturated rings. The lowest BCUT2D eigenvalue weighted by atomic mass is 9.98. The molecular formula is C20H21ClFN3O2. The summed E-state index contributed by atoms with van der Waals surface area (Å²) in [6, 6.07) is 4.28. The highest BCUT2D eigenvalue weighted by Gasteiger charge is 2.24. The second-order valence-corrected chi connectivity index (χ2v) is 7.56. The van der Waals surface area contributed by atoms with Crippen molar-refractivity contribution in [2.24, 2.45) is 5.92 Å². The molecule has 0 radical (unpaired) electrons. The fourth-order valence-corrected chi connectivity index (χ4v) is 3.50. The van der Waals surface area contributed by atoms with E-state index in [2.05, 4.69) is 10.1 Å². The normalized spacial score (nSPS) is 15.3.